The summed E-state index contributed by atoms with van der Waals surface area (Å²) in [4.78, 5) is 6.87. The number of aromatic nitrogens is 1. The molecule has 2 rings (SSSR count). The number of pyridine rings is 1. The lowest BCUT2D eigenvalue weighted by Crippen LogP contribution is -2.45. The molecule has 0 aromatic carbocycles. The highest BCUT2D eigenvalue weighted by atomic mass is 16.3. The third kappa shape index (κ3) is 3.07. The van der Waals surface area contributed by atoms with Gasteiger partial charge in [-0.3, -0.25) is 9.88 Å². The van der Waals surface area contributed by atoms with Crippen molar-refractivity contribution >= 4 is 0 Å². The maximum Gasteiger partial charge on any atom is 0.0646 e. The van der Waals surface area contributed by atoms with E-state index in [1.165, 1.54) is 19.3 Å². The van der Waals surface area contributed by atoms with Gasteiger partial charge in [-0.15, -0.1) is 0 Å². The van der Waals surface area contributed by atoms with E-state index in [9.17, 15) is 0 Å². The molecule has 1 aromatic heterocycles. The van der Waals surface area contributed by atoms with Crippen LogP contribution in [0.3, 0.4) is 0 Å². The van der Waals surface area contributed by atoms with E-state index in [0.29, 0.717) is 12.6 Å². The summed E-state index contributed by atoms with van der Waals surface area (Å²) in [5.41, 5.74) is 7.00. The second-order valence-corrected chi connectivity index (χ2v) is 4.91. The van der Waals surface area contributed by atoms with Crippen molar-refractivity contribution in [3.8, 4) is 0 Å². The molecule has 4 nitrogen and oxygen atoms in total. The van der Waals surface area contributed by atoms with E-state index in [-0.39, 0.29) is 12.6 Å². The van der Waals surface area contributed by atoms with E-state index in [1.54, 1.807) is 0 Å². The van der Waals surface area contributed by atoms with Crippen LogP contribution < -0.4 is 5.73 Å². The minimum absolute atomic E-state index is 0.183. The van der Waals surface area contributed by atoms with Crippen molar-refractivity contribution in [1.82, 2.24) is 9.88 Å². The lowest BCUT2D eigenvalue weighted by atomic mass is 9.89. The molecular weight excluding hydrogens is 226 g/mol. The Bertz CT molecular complexity index is 340. The van der Waals surface area contributed by atoms with Crippen LogP contribution in [0.4, 0.5) is 0 Å². The molecule has 0 radical (unpaired) electrons. The summed E-state index contributed by atoms with van der Waals surface area (Å²) in [6, 6.07) is 6.78. The van der Waals surface area contributed by atoms with Crippen molar-refractivity contribution in [2.45, 2.75) is 37.8 Å². The van der Waals surface area contributed by atoms with Crippen LogP contribution in [0, 0.1) is 0 Å². The molecule has 0 amide bonds. The van der Waals surface area contributed by atoms with Crippen molar-refractivity contribution in [2.75, 3.05) is 19.7 Å². The first kappa shape index (κ1) is 13.5. The molecule has 100 valence electrons. The zero-order valence-electron chi connectivity index (χ0n) is 10.8. The molecule has 1 atom stereocenters. The Morgan fingerprint density at radius 1 is 1.44 bits per heavy atom. The van der Waals surface area contributed by atoms with Gasteiger partial charge in [-0.05, 0) is 31.4 Å². The molecule has 1 fully saturated rings. The second-order valence-electron chi connectivity index (χ2n) is 4.91. The predicted octanol–water partition coefficient (Wildman–Crippen LogP) is 1.32. The number of hydrogen-bond donors (Lipinski definition) is 2. The van der Waals surface area contributed by atoms with E-state index in [0.717, 1.165) is 18.7 Å². The molecular formula is C14H23N3O. The maximum atomic E-state index is 9.04. The summed E-state index contributed by atoms with van der Waals surface area (Å²) < 4.78 is 0. The van der Waals surface area contributed by atoms with Crippen LogP contribution in [-0.2, 0) is 0 Å². The van der Waals surface area contributed by atoms with Crippen LogP contribution in [0.25, 0.3) is 0 Å². The highest BCUT2D eigenvalue weighted by Crippen LogP contribution is 2.31. The molecule has 0 bridgehead atoms. The van der Waals surface area contributed by atoms with Gasteiger partial charge < -0.3 is 10.8 Å². The fourth-order valence-corrected chi connectivity index (χ4v) is 2.56. The SMILES string of the molecule is NCC(c1ccccn1)N(CCCO)C1CCC1. The Kier molecular flexibility index (Phi) is 5.11. The van der Waals surface area contributed by atoms with Crippen molar-refractivity contribution < 1.29 is 5.11 Å². The van der Waals surface area contributed by atoms with Gasteiger partial charge in [-0.25, -0.2) is 0 Å². The highest BCUT2D eigenvalue weighted by molar-refractivity contribution is 5.10. The lowest BCUT2D eigenvalue weighted by Gasteiger charge is -2.42. The van der Waals surface area contributed by atoms with Gasteiger partial charge >= 0.3 is 0 Å². The minimum atomic E-state index is 0.183. The Hall–Kier alpha value is -0.970. The molecule has 1 unspecified atom stereocenters. The largest absolute Gasteiger partial charge is 0.396 e. The average Bonchev–Trinajstić information content (AvgIpc) is 2.35. The molecule has 1 aromatic rings. The molecule has 18 heavy (non-hydrogen) atoms. The van der Waals surface area contributed by atoms with Gasteiger partial charge in [0.15, 0.2) is 0 Å². The second kappa shape index (κ2) is 6.83. The normalized spacial score (nSPS) is 17.7. The van der Waals surface area contributed by atoms with Crippen LogP contribution in [0.1, 0.15) is 37.4 Å². The third-order valence-corrected chi connectivity index (χ3v) is 3.77. The molecule has 3 N–H and O–H groups in total. The summed E-state index contributed by atoms with van der Waals surface area (Å²) in [5.74, 6) is 0. The number of nitrogens with zero attached hydrogens (tertiary/aromatic N) is 2. The standard InChI is InChI=1S/C14H23N3O/c15-11-14(13-7-1-2-8-16-13)17(9-4-10-18)12-5-3-6-12/h1-2,7-8,12,14,18H,3-6,9-11,15H2. The van der Waals surface area contributed by atoms with E-state index in [2.05, 4.69) is 9.88 Å². The van der Waals surface area contributed by atoms with Gasteiger partial charge in [0.25, 0.3) is 0 Å². The van der Waals surface area contributed by atoms with Crippen molar-refractivity contribution in [1.29, 1.82) is 0 Å². The minimum Gasteiger partial charge on any atom is -0.396 e. The quantitative estimate of drug-likeness (QED) is 0.765. The zero-order valence-corrected chi connectivity index (χ0v) is 10.8. The smallest absolute Gasteiger partial charge is 0.0646 e. The van der Waals surface area contributed by atoms with Gasteiger partial charge in [0, 0.05) is 31.9 Å². The molecule has 1 aliphatic rings. The lowest BCUT2D eigenvalue weighted by molar-refractivity contribution is 0.0725. The molecule has 1 heterocycles. The van der Waals surface area contributed by atoms with Crippen LogP contribution in [-0.4, -0.2) is 40.7 Å². The van der Waals surface area contributed by atoms with Gasteiger partial charge in [-0.2, -0.15) is 0 Å². The summed E-state index contributed by atoms with van der Waals surface area (Å²) in [5, 5.41) is 9.04. The van der Waals surface area contributed by atoms with Crippen molar-refractivity contribution in [2.24, 2.45) is 5.73 Å². The molecule has 0 aliphatic heterocycles. The fraction of sp³-hybridized carbons (Fsp3) is 0.643. The molecule has 4 heteroatoms. The van der Waals surface area contributed by atoms with Crippen molar-refractivity contribution in [3.63, 3.8) is 0 Å². The Labute approximate surface area is 109 Å². The van der Waals surface area contributed by atoms with Crippen LogP contribution in [0.2, 0.25) is 0 Å². The Balaban J connectivity index is 2.10. The molecule has 0 spiro atoms. The van der Waals surface area contributed by atoms with E-state index < -0.39 is 0 Å². The third-order valence-electron chi connectivity index (χ3n) is 3.77. The predicted molar refractivity (Wildman–Crippen MR) is 72.1 cm³/mol. The van der Waals surface area contributed by atoms with Gasteiger partial charge in [0.05, 0.1) is 11.7 Å². The van der Waals surface area contributed by atoms with Crippen molar-refractivity contribution in [3.05, 3.63) is 30.1 Å². The van der Waals surface area contributed by atoms with E-state index in [1.807, 2.05) is 24.4 Å². The summed E-state index contributed by atoms with van der Waals surface area (Å²) in [7, 11) is 0. The van der Waals surface area contributed by atoms with Gasteiger partial charge in [0.1, 0.15) is 0 Å². The number of aliphatic hydroxyl groups is 1. The van der Waals surface area contributed by atoms with Gasteiger partial charge in [-0.1, -0.05) is 12.5 Å². The van der Waals surface area contributed by atoms with E-state index in [4.69, 9.17) is 10.8 Å². The van der Waals surface area contributed by atoms with Crippen LogP contribution in [0.15, 0.2) is 24.4 Å². The summed E-state index contributed by atoms with van der Waals surface area (Å²) >= 11 is 0. The molecule has 0 saturated heterocycles. The molecule has 1 saturated carbocycles. The Morgan fingerprint density at radius 3 is 2.78 bits per heavy atom. The summed E-state index contributed by atoms with van der Waals surface area (Å²) in [6.07, 6.45) is 6.42. The van der Waals surface area contributed by atoms with Crippen LogP contribution in [0.5, 0.6) is 0 Å². The number of rotatable bonds is 7. The Morgan fingerprint density at radius 2 is 2.28 bits per heavy atom. The highest BCUT2D eigenvalue weighted by Gasteiger charge is 2.30. The fourth-order valence-electron chi connectivity index (χ4n) is 2.56. The topological polar surface area (TPSA) is 62.4 Å². The molecule has 1 aliphatic carbocycles. The first-order chi connectivity index (χ1) is 8.86. The van der Waals surface area contributed by atoms with E-state index >= 15 is 0 Å². The first-order valence-corrected chi connectivity index (χ1v) is 6.84. The maximum absolute atomic E-state index is 9.04. The van der Waals surface area contributed by atoms with Crippen LogP contribution >= 0.6 is 0 Å². The first-order valence-electron chi connectivity index (χ1n) is 6.84. The average molecular weight is 249 g/mol. The number of hydrogen-bond acceptors (Lipinski definition) is 4. The zero-order chi connectivity index (χ0) is 12.8. The van der Waals surface area contributed by atoms with Gasteiger partial charge in [0.2, 0.25) is 0 Å². The number of aliphatic hydroxyl groups excluding tert-OH is 1. The number of nitrogens with two attached hydrogens (primary N) is 1. The monoisotopic (exact) mass is 249 g/mol. The summed E-state index contributed by atoms with van der Waals surface area (Å²) in [6.45, 7) is 1.72.